The number of sulfonamides is 1. The number of carbonyl (C=O) groups excluding carboxylic acids is 1. The van der Waals surface area contributed by atoms with Gasteiger partial charge in [-0.2, -0.15) is 17.5 Å². The van der Waals surface area contributed by atoms with Gasteiger partial charge in [0.05, 0.1) is 10.5 Å². The lowest BCUT2D eigenvalue weighted by molar-refractivity contribution is -0.137. The average molecular weight is 400 g/mol. The minimum atomic E-state index is -4.47. The van der Waals surface area contributed by atoms with Gasteiger partial charge in [0.2, 0.25) is 10.0 Å². The number of rotatable bonds is 6. The number of anilines is 1. The third kappa shape index (κ3) is 4.86. The lowest BCUT2D eigenvalue weighted by atomic mass is 10.1. The zero-order valence-electron chi connectivity index (χ0n) is 14.7. The van der Waals surface area contributed by atoms with Gasteiger partial charge in [0.25, 0.3) is 5.91 Å². The van der Waals surface area contributed by atoms with Crippen LogP contribution in [0.3, 0.4) is 0 Å². The van der Waals surface area contributed by atoms with E-state index in [0.29, 0.717) is 18.8 Å². The van der Waals surface area contributed by atoms with Crippen molar-refractivity contribution in [2.75, 3.05) is 18.4 Å². The molecule has 0 heterocycles. The van der Waals surface area contributed by atoms with Crippen molar-refractivity contribution in [2.24, 2.45) is 0 Å². The molecule has 0 saturated heterocycles. The van der Waals surface area contributed by atoms with E-state index in [-0.39, 0.29) is 10.5 Å². The number of carbonyl (C=O) groups is 1. The maximum atomic E-state index is 12.6. The standard InChI is InChI=1S/C18H19F3N2O3S/c1-3-23(4-2)27(25,26)16-11-9-15(10-12-16)22-17(24)13-5-7-14(8-6-13)18(19,20)21/h5-12H,3-4H2,1-2H3,(H,22,24). The van der Waals surface area contributed by atoms with Crippen LogP contribution in [0, 0.1) is 0 Å². The zero-order chi connectivity index (χ0) is 20.2. The van der Waals surface area contributed by atoms with Crippen molar-refractivity contribution in [2.45, 2.75) is 24.9 Å². The van der Waals surface area contributed by atoms with E-state index >= 15 is 0 Å². The van der Waals surface area contributed by atoms with Crippen molar-refractivity contribution in [3.8, 4) is 0 Å². The van der Waals surface area contributed by atoms with Gasteiger partial charge in [-0.25, -0.2) is 8.42 Å². The molecule has 0 radical (unpaired) electrons. The minimum Gasteiger partial charge on any atom is -0.322 e. The fraction of sp³-hybridized carbons (Fsp3) is 0.278. The van der Waals surface area contributed by atoms with Gasteiger partial charge in [-0.15, -0.1) is 0 Å². The van der Waals surface area contributed by atoms with Gasteiger partial charge in [0.1, 0.15) is 0 Å². The maximum Gasteiger partial charge on any atom is 0.416 e. The minimum absolute atomic E-state index is 0.0582. The van der Waals surface area contributed by atoms with E-state index in [1.54, 1.807) is 13.8 Å². The first kappa shape index (κ1) is 20.9. The van der Waals surface area contributed by atoms with Crippen LogP contribution in [0.1, 0.15) is 29.8 Å². The van der Waals surface area contributed by atoms with E-state index in [4.69, 9.17) is 0 Å². The summed E-state index contributed by atoms with van der Waals surface area (Å²) in [5, 5.41) is 2.52. The molecule has 27 heavy (non-hydrogen) atoms. The molecule has 5 nitrogen and oxygen atoms in total. The molecule has 2 aromatic rings. The van der Waals surface area contributed by atoms with Crippen molar-refractivity contribution >= 4 is 21.6 Å². The first-order chi connectivity index (χ1) is 12.6. The number of alkyl halides is 3. The molecule has 0 aliphatic heterocycles. The van der Waals surface area contributed by atoms with Gasteiger partial charge in [-0.1, -0.05) is 13.8 Å². The summed E-state index contributed by atoms with van der Waals surface area (Å²) in [5.74, 6) is -0.594. The number of nitrogens with zero attached hydrogens (tertiary/aromatic N) is 1. The van der Waals surface area contributed by atoms with Gasteiger partial charge in [0, 0.05) is 24.3 Å². The molecule has 0 fully saturated rings. The Balaban J connectivity index is 2.13. The molecule has 0 aliphatic carbocycles. The molecular formula is C18H19F3N2O3S. The van der Waals surface area contributed by atoms with Crippen LogP contribution in [0.2, 0.25) is 0 Å². The van der Waals surface area contributed by atoms with Crippen LogP contribution in [0.15, 0.2) is 53.4 Å². The summed E-state index contributed by atoms with van der Waals surface area (Å²) in [5.41, 5.74) is -0.453. The van der Waals surface area contributed by atoms with Crippen LogP contribution in [0.5, 0.6) is 0 Å². The molecule has 2 rings (SSSR count). The largest absolute Gasteiger partial charge is 0.416 e. The molecule has 2 aromatic carbocycles. The first-order valence-corrected chi connectivity index (χ1v) is 9.62. The van der Waals surface area contributed by atoms with E-state index in [0.717, 1.165) is 24.3 Å². The highest BCUT2D eigenvalue weighted by molar-refractivity contribution is 7.89. The fourth-order valence-corrected chi connectivity index (χ4v) is 3.89. The van der Waals surface area contributed by atoms with E-state index in [1.165, 1.54) is 28.6 Å². The predicted octanol–water partition coefficient (Wildman–Crippen LogP) is 3.99. The zero-order valence-corrected chi connectivity index (χ0v) is 15.6. The third-order valence-corrected chi connectivity index (χ3v) is 5.99. The van der Waals surface area contributed by atoms with E-state index in [1.807, 2.05) is 0 Å². The lowest BCUT2D eigenvalue weighted by Crippen LogP contribution is -2.30. The van der Waals surface area contributed by atoms with Gasteiger partial charge < -0.3 is 5.32 Å². The molecule has 0 aromatic heterocycles. The normalized spacial score (nSPS) is 12.2. The van der Waals surface area contributed by atoms with E-state index in [2.05, 4.69) is 5.32 Å². The van der Waals surface area contributed by atoms with Gasteiger partial charge >= 0.3 is 6.18 Å². The Morgan fingerprint density at radius 2 is 1.48 bits per heavy atom. The van der Waals surface area contributed by atoms with E-state index < -0.39 is 27.7 Å². The fourth-order valence-electron chi connectivity index (χ4n) is 2.44. The Kier molecular flexibility index (Phi) is 6.27. The molecule has 1 amide bonds. The van der Waals surface area contributed by atoms with Gasteiger partial charge in [-0.05, 0) is 48.5 Å². The highest BCUT2D eigenvalue weighted by Crippen LogP contribution is 2.29. The van der Waals surface area contributed by atoms with Crippen molar-refractivity contribution in [3.05, 3.63) is 59.7 Å². The second kappa shape index (κ2) is 8.10. The van der Waals surface area contributed by atoms with Crippen LogP contribution in [0.25, 0.3) is 0 Å². The van der Waals surface area contributed by atoms with Crippen LogP contribution in [-0.4, -0.2) is 31.7 Å². The first-order valence-electron chi connectivity index (χ1n) is 8.18. The predicted molar refractivity (Wildman–Crippen MR) is 95.9 cm³/mol. The van der Waals surface area contributed by atoms with Gasteiger partial charge in [0.15, 0.2) is 0 Å². The number of benzene rings is 2. The monoisotopic (exact) mass is 400 g/mol. The summed E-state index contributed by atoms with van der Waals surface area (Å²) >= 11 is 0. The highest BCUT2D eigenvalue weighted by Gasteiger charge is 2.30. The summed E-state index contributed by atoms with van der Waals surface area (Å²) in [7, 11) is -3.60. The SMILES string of the molecule is CCN(CC)S(=O)(=O)c1ccc(NC(=O)c2ccc(C(F)(F)F)cc2)cc1. The van der Waals surface area contributed by atoms with Crippen molar-refractivity contribution in [1.29, 1.82) is 0 Å². The maximum absolute atomic E-state index is 12.6. The molecule has 0 aliphatic rings. The Morgan fingerprint density at radius 3 is 1.93 bits per heavy atom. The number of hydrogen-bond donors (Lipinski definition) is 1. The van der Waals surface area contributed by atoms with Crippen LogP contribution in [-0.2, 0) is 16.2 Å². The lowest BCUT2D eigenvalue weighted by Gasteiger charge is -2.18. The number of hydrogen-bond acceptors (Lipinski definition) is 3. The Bertz CT molecular complexity index is 889. The van der Waals surface area contributed by atoms with Crippen molar-refractivity contribution in [3.63, 3.8) is 0 Å². The average Bonchev–Trinajstić information content (AvgIpc) is 2.62. The molecule has 0 saturated carbocycles. The van der Waals surface area contributed by atoms with Crippen LogP contribution in [0.4, 0.5) is 18.9 Å². The summed E-state index contributed by atoms with van der Waals surface area (Å²) in [6, 6.07) is 9.42. The molecule has 0 atom stereocenters. The second-order valence-electron chi connectivity index (χ2n) is 5.64. The molecule has 0 bridgehead atoms. The number of halogens is 3. The van der Waals surface area contributed by atoms with Gasteiger partial charge in [-0.3, -0.25) is 4.79 Å². The molecule has 9 heteroatoms. The van der Waals surface area contributed by atoms with E-state index in [9.17, 15) is 26.4 Å². The highest BCUT2D eigenvalue weighted by atomic mass is 32.2. The molecule has 0 spiro atoms. The third-order valence-electron chi connectivity index (χ3n) is 3.93. The van der Waals surface area contributed by atoms with Crippen LogP contribution < -0.4 is 5.32 Å². The molecule has 0 unspecified atom stereocenters. The summed E-state index contributed by atoms with van der Waals surface area (Å²) < 4.78 is 63.8. The summed E-state index contributed by atoms with van der Waals surface area (Å²) in [4.78, 5) is 12.2. The smallest absolute Gasteiger partial charge is 0.322 e. The Morgan fingerprint density at radius 1 is 0.963 bits per heavy atom. The van der Waals surface area contributed by atoms with Crippen molar-refractivity contribution in [1.82, 2.24) is 4.31 Å². The quantitative estimate of drug-likeness (QED) is 0.797. The topological polar surface area (TPSA) is 66.5 Å². The Labute approximate surface area is 155 Å². The Hall–Kier alpha value is -2.39. The molecule has 146 valence electrons. The second-order valence-corrected chi connectivity index (χ2v) is 7.58. The van der Waals surface area contributed by atoms with Crippen molar-refractivity contribution < 1.29 is 26.4 Å². The van der Waals surface area contributed by atoms with Crippen LogP contribution >= 0.6 is 0 Å². The number of amides is 1. The summed E-state index contributed by atoms with van der Waals surface area (Å²) in [6.07, 6.45) is -4.47. The summed E-state index contributed by atoms with van der Waals surface area (Å²) in [6.45, 7) is 4.15. The molecular weight excluding hydrogens is 381 g/mol. The molecule has 1 N–H and O–H groups in total. The number of nitrogens with one attached hydrogen (secondary N) is 1.